The van der Waals surface area contributed by atoms with Crippen LogP contribution in [0.5, 0.6) is 0 Å². The minimum atomic E-state index is -4.50. The second-order valence-electron chi connectivity index (χ2n) is 8.71. The van der Waals surface area contributed by atoms with E-state index in [4.69, 9.17) is 11.5 Å². The van der Waals surface area contributed by atoms with Crippen molar-refractivity contribution in [1.29, 1.82) is 0 Å². The molecule has 1 saturated carbocycles. The maximum absolute atomic E-state index is 12.6. The number of carbonyl (C=O) groups is 4. The summed E-state index contributed by atoms with van der Waals surface area (Å²) in [7, 11) is -2.94. The minimum Gasteiger partial charge on any atom is -0.479 e. The van der Waals surface area contributed by atoms with Gasteiger partial charge in [0, 0.05) is 37.2 Å². The Morgan fingerprint density at radius 1 is 1.33 bits per heavy atom. The number of carboxylic acids is 1. The Balaban J connectivity index is 2.25. The summed E-state index contributed by atoms with van der Waals surface area (Å²) in [4.78, 5) is 50.4. The maximum atomic E-state index is 12.6. The van der Waals surface area contributed by atoms with Gasteiger partial charge in [0.1, 0.15) is 5.75 Å². The highest BCUT2D eigenvalue weighted by atomic mass is 32.2. The summed E-state index contributed by atoms with van der Waals surface area (Å²) in [5, 5.41) is 22.8. The van der Waals surface area contributed by atoms with Crippen molar-refractivity contribution >= 4 is 33.7 Å². The first-order chi connectivity index (χ1) is 15.2. The van der Waals surface area contributed by atoms with E-state index in [1.807, 2.05) is 0 Å². The summed E-state index contributed by atoms with van der Waals surface area (Å²) in [5.74, 6) is -7.92. The summed E-state index contributed by atoms with van der Waals surface area (Å²) >= 11 is 0. The molecule has 2 aliphatic rings. The number of nitrogens with one attached hydrogen (secondary N) is 2. The van der Waals surface area contributed by atoms with E-state index in [0.717, 1.165) is 0 Å². The van der Waals surface area contributed by atoms with Gasteiger partial charge in [-0.15, -0.1) is 0 Å². The molecule has 1 aliphatic carbocycles. The third-order valence-corrected chi connectivity index (χ3v) is 7.59. The molecular weight excluding hydrogens is 458 g/mol. The lowest BCUT2D eigenvalue weighted by atomic mass is 9.77. The minimum absolute atomic E-state index is 0.0539. The molecule has 1 aliphatic heterocycles. The molecule has 1 fully saturated rings. The SMILES string of the molecule is CCC(C)C(N)C(=O)NS(=O)(=O)CC(=O)N[C@]1(C(=O)O)[C@@H]2CN(C)C=C(C(N)=O)[C@@H]2C[C@@H]1O. The van der Waals surface area contributed by atoms with Crippen molar-refractivity contribution in [2.24, 2.45) is 29.2 Å². The van der Waals surface area contributed by atoms with Gasteiger partial charge in [-0.25, -0.2) is 13.2 Å². The molecule has 0 saturated heterocycles. The van der Waals surface area contributed by atoms with Gasteiger partial charge < -0.3 is 31.9 Å². The van der Waals surface area contributed by atoms with Crippen molar-refractivity contribution in [1.82, 2.24) is 14.9 Å². The first-order valence-corrected chi connectivity index (χ1v) is 12.1. The van der Waals surface area contributed by atoms with Crippen molar-refractivity contribution < 1.29 is 37.8 Å². The molecule has 14 heteroatoms. The second-order valence-corrected chi connectivity index (χ2v) is 10.4. The molecule has 13 nitrogen and oxygen atoms in total. The average molecular weight is 490 g/mol. The third-order valence-electron chi connectivity index (χ3n) is 6.44. The second kappa shape index (κ2) is 9.65. The Morgan fingerprint density at radius 2 is 1.94 bits per heavy atom. The number of amides is 3. The summed E-state index contributed by atoms with van der Waals surface area (Å²) in [5.41, 5.74) is 8.95. The number of primary amides is 1. The monoisotopic (exact) mass is 489 g/mol. The van der Waals surface area contributed by atoms with Crippen molar-refractivity contribution in [3.8, 4) is 0 Å². The number of aliphatic hydroxyl groups excluding tert-OH is 1. The smallest absolute Gasteiger partial charge is 0.332 e. The fourth-order valence-electron chi connectivity index (χ4n) is 4.45. The number of hydrogen-bond acceptors (Lipinski definition) is 9. The highest BCUT2D eigenvalue weighted by Gasteiger charge is 2.63. The zero-order valence-electron chi connectivity index (χ0n) is 18.6. The number of nitrogens with two attached hydrogens (primary N) is 2. The topological polar surface area (TPSA) is 222 Å². The third kappa shape index (κ3) is 5.28. The number of carboxylic acid groups (broad SMARTS) is 1. The van der Waals surface area contributed by atoms with E-state index in [9.17, 15) is 37.8 Å². The molecule has 33 heavy (non-hydrogen) atoms. The van der Waals surface area contributed by atoms with Crippen LogP contribution < -0.4 is 21.5 Å². The van der Waals surface area contributed by atoms with E-state index in [1.165, 1.54) is 11.1 Å². The van der Waals surface area contributed by atoms with Crippen LogP contribution in [0.1, 0.15) is 26.7 Å². The predicted octanol–water partition coefficient (Wildman–Crippen LogP) is -2.94. The fraction of sp³-hybridized carbons (Fsp3) is 0.684. The van der Waals surface area contributed by atoms with Crippen molar-refractivity contribution in [3.63, 3.8) is 0 Å². The number of aliphatic hydroxyl groups is 1. The van der Waals surface area contributed by atoms with Gasteiger partial charge in [-0.2, -0.15) is 0 Å². The van der Waals surface area contributed by atoms with E-state index in [0.29, 0.717) is 6.42 Å². The van der Waals surface area contributed by atoms with Gasteiger partial charge in [0.25, 0.3) is 5.91 Å². The van der Waals surface area contributed by atoms with E-state index in [-0.39, 0.29) is 24.5 Å². The molecule has 0 aromatic rings. The first kappa shape index (κ1) is 26.5. The standard InChI is InChI=1S/C19H31N5O8S/c1-4-9(2)15(20)17(28)23-33(31,32)8-14(26)22-19(18(29)30)12-7-24(3)6-11(16(21)27)10(12)5-13(19)25/h6,9-10,12-13,15,25H,4-5,7-8,20H2,1-3H3,(H2,21,27)(H,22,26)(H,23,28)(H,29,30)/t9?,10-,12+,13-,15?,19+/m0/s1. The summed E-state index contributed by atoms with van der Waals surface area (Å²) < 4.78 is 26.4. The van der Waals surface area contributed by atoms with Gasteiger partial charge in [-0.05, 0) is 12.3 Å². The van der Waals surface area contributed by atoms with Gasteiger partial charge >= 0.3 is 5.97 Å². The lowest BCUT2D eigenvalue weighted by molar-refractivity contribution is -0.154. The predicted molar refractivity (Wildman–Crippen MR) is 115 cm³/mol. The normalized spacial score (nSPS) is 28.8. The van der Waals surface area contributed by atoms with E-state index in [1.54, 1.807) is 25.6 Å². The number of rotatable bonds is 9. The number of carbonyl (C=O) groups excluding carboxylic acids is 3. The van der Waals surface area contributed by atoms with Crippen molar-refractivity contribution in [2.45, 2.75) is 44.4 Å². The van der Waals surface area contributed by atoms with Crippen LogP contribution in [0.15, 0.2) is 11.8 Å². The summed E-state index contributed by atoms with van der Waals surface area (Å²) in [6, 6.07) is -1.12. The molecule has 8 N–H and O–H groups in total. The van der Waals surface area contributed by atoms with Crippen LogP contribution in [0.2, 0.25) is 0 Å². The number of hydrogen-bond donors (Lipinski definition) is 6. The van der Waals surface area contributed by atoms with E-state index in [2.05, 4.69) is 5.32 Å². The van der Waals surface area contributed by atoms with E-state index >= 15 is 0 Å². The van der Waals surface area contributed by atoms with Gasteiger partial charge in [0.2, 0.25) is 21.8 Å². The highest BCUT2D eigenvalue weighted by molar-refractivity contribution is 7.90. The molecular formula is C19H31N5O8S. The first-order valence-electron chi connectivity index (χ1n) is 10.4. The van der Waals surface area contributed by atoms with Gasteiger partial charge in [-0.1, -0.05) is 20.3 Å². The Hall–Kier alpha value is -2.71. The van der Waals surface area contributed by atoms with Crippen LogP contribution in [0.4, 0.5) is 0 Å². The van der Waals surface area contributed by atoms with Crippen molar-refractivity contribution in [3.05, 3.63) is 11.8 Å². The van der Waals surface area contributed by atoms with E-state index < -0.39 is 69.0 Å². The number of aliphatic carboxylic acids is 1. The Kier molecular flexibility index (Phi) is 7.76. The van der Waals surface area contributed by atoms with Gasteiger partial charge in [0.05, 0.1) is 12.1 Å². The fourth-order valence-corrected chi connectivity index (χ4v) is 5.38. The largest absolute Gasteiger partial charge is 0.479 e. The molecule has 0 bridgehead atoms. The molecule has 2 rings (SSSR count). The van der Waals surface area contributed by atoms with Crippen LogP contribution in [-0.4, -0.2) is 84.3 Å². The molecule has 3 amide bonds. The summed E-state index contributed by atoms with van der Waals surface area (Å²) in [6.45, 7) is 3.49. The molecule has 186 valence electrons. The molecule has 2 unspecified atom stereocenters. The number of fused-ring (bicyclic) bond motifs is 1. The molecule has 6 atom stereocenters. The molecule has 0 radical (unpaired) electrons. The Labute approximate surface area is 191 Å². The maximum Gasteiger partial charge on any atom is 0.332 e. The molecule has 0 spiro atoms. The van der Waals surface area contributed by atoms with Crippen LogP contribution in [0.25, 0.3) is 0 Å². The number of sulfonamides is 1. The zero-order chi connectivity index (χ0) is 25.3. The van der Waals surface area contributed by atoms with Crippen LogP contribution in [-0.2, 0) is 29.2 Å². The van der Waals surface area contributed by atoms with Crippen LogP contribution in [0.3, 0.4) is 0 Å². The number of nitrogens with zero attached hydrogens (tertiary/aromatic N) is 1. The molecule has 1 heterocycles. The lowest BCUT2D eigenvalue weighted by Gasteiger charge is -2.40. The average Bonchev–Trinajstić information content (AvgIpc) is 2.97. The molecule has 0 aromatic heterocycles. The Bertz CT molecular complexity index is 967. The van der Waals surface area contributed by atoms with Crippen molar-refractivity contribution in [2.75, 3.05) is 19.3 Å². The summed E-state index contributed by atoms with van der Waals surface area (Å²) in [6.07, 6.45) is 0.176. The lowest BCUT2D eigenvalue weighted by Crippen LogP contribution is -2.66. The highest BCUT2D eigenvalue weighted by Crippen LogP contribution is 2.46. The zero-order valence-corrected chi connectivity index (χ0v) is 19.5. The van der Waals surface area contributed by atoms with Crippen LogP contribution >= 0.6 is 0 Å². The van der Waals surface area contributed by atoms with Gasteiger partial charge in [0.15, 0.2) is 5.54 Å². The van der Waals surface area contributed by atoms with Crippen LogP contribution in [0, 0.1) is 17.8 Å². The quantitative estimate of drug-likeness (QED) is 0.193. The van der Waals surface area contributed by atoms with Gasteiger partial charge in [-0.3, -0.25) is 19.1 Å². The molecule has 0 aromatic carbocycles. The Morgan fingerprint density at radius 3 is 2.45 bits per heavy atom.